The number of hydrogen-bond donors (Lipinski definition) is 1. The van der Waals surface area contributed by atoms with Gasteiger partial charge in [-0.1, -0.05) is 44.0 Å². The van der Waals surface area contributed by atoms with Gasteiger partial charge in [0.2, 0.25) is 0 Å². The first kappa shape index (κ1) is 23.8. The summed E-state index contributed by atoms with van der Waals surface area (Å²) in [4.78, 5) is 23.2. The summed E-state index contributed by atoms with van der Waals surface area (Å²) < 4.78 is 7.43. The number of carbonyl (C=O) groups is 1. The summed E-state index contributed by atoms with van der Waals surface area (Å²) in [6.45, 7) is 5.08. The first-order valence-corrected chi connectivity index (χ1v) is 11.5. The van der Waals surface area contributed by atoms with E-state index in [4.69, 9.17) is 15.6 Å². The first-order chi connectivity index (χ1) is 17.0. The van der Waals surface area contributed by atoms with E-state index >= 15 is 0 Å². The Morgan fingerprint density at radius 2 is 2.11 bits per heavy atom. The lowest BCUT2D eigenvalue weighted by Crippen LogP contribution is -2.41. The molecule has 1 saturated heterocycles. The van der Waals surface area contributed by atoms with Gasteiger partial charge in [0.1, 0.15) is 41.8 Å². The average molecular weight is 470 g/mol. The third-order valence-corrected chi connectivity index (χ3v) is 5.66. The molecule has 1 aromatic carbocycles. The molecule has 1 aliphatic rings. The highest BCUT2D eigenvalue weighted by molar-refractivity contribution is 5.97. The largest absolute Gasteiger partial charge is 0.481 e. The Bertz CT molecular complexity index is 1340. The smallest absolute Gasteiger partial charge is 0.264 e. The summed E-state index contributed by atoms with van der Waals surface area (Å²) in [5, 5.41) is 14.8. The lowest BCUT2D eigenvalue weighted by atomic mass is 10.0. The van der Waals surface area contributed by atoms with Crippen molar-refractivity contribution in [2.75, 3.05) is 25.4 Å². The van der Waals surface area contributed by atoms with Crippen LogP contribution in [0.3, 0.4) is 0 Å². The number of aromatic nitrogens is 4. The fourth-order valence-corrected chi connectivity index (χ4v) is 4.09. The van der Waals surface area contributed by atoms with E-state index in [0.29, 0.717) is 35.6 Å². The zero-order chi connectivity index (χ0) is 24.8. The van der Waals surface area contributed by atoms with Crippen molar-refractivity contribution in [2.45, 2.75) is 32.7 Å². The van der Waals surface area contributed by atoms with Crippen LogP contribution in [-0.2, 0) is 4.79 Å². The molecule has 0 radical (unpaired) electrons. The van der Waals surface area contributed by atoms with Crippen molar-refractivity contribution in [1.29, 1.82) is 5.26 Å². The fraction of sp³-hybridized carbons (Fsp3) is 0.346. The minimum Gasteiger partial charge on any atom is -0.481 e. The molecule has 3 aromatic rings. The zero-order valence-electron chi connectivity index (χ0n) is 19.8. The van der Waals surface area contributed by atoms with Gasteiger partial charge in [0.05, 0.1) is 11.4 Å². The number of amides is 1. The van der Waals surface area contributed by atoms with Crippen LogP contribution in [0.4, 0.5) is 5.82 Å². The number of piperidine rings is 1. The van der Waals surface area contributed by atoms with Gasteiger partial charge in [0, 0.05) is 13.1 Å². The van der Waals surface area contributed by atoms with E-state index in [1.807, 2.05) is 50.2 Å². The number of para-hydroxylation sites is 1. The molecule has 9 heteroatoms. The first-order valence-electron chi connectivity index (χ1n) is 11.5. The van der Waals surface area contributed by atoms with Gasteiger partial charge in [-0.15, -0.1) is 0 Å². The van der Waals surface area contributed by atoms with Crippen molar-refractivity contribution in [3.05, 3.63) is 54.0 Å². The van der Waals surface area contributed by atoms with Crippen molar-refractivity contribution in [1.82, 2.24) is 24.6 Å². The average Bonchev–Trinajstić information content (AvgIpc) is 3.25. The number of rotatable bonds is 5. The van der Waals surface area contributed by atoms with Gasteiger partial charge in [0.15, 0.2) is 5.65 Å². The number of anilines is 1. The van der Waals surface area contributed by atoms with Crippen LogP contribution in [0, 0.1) is 29.1 Å². The molecule has 4 rings (SSSR count). The Hall–Kier alpha value is -4.37. The summed E-state index contributed by atoms with van der Waals surface area (Å²) in [7, 11) is 0. The van der Waals surface area contributed by atoms with Gasteiger partial charge in [0.25, 0.3) is 5.91 Å². The van der Waals surface area contributed by atoms with Gasteiger partial charge in [-0.05, 0) is 36.8 Å². The second-order valence-corrected chi connectivity index (χ2v) is 8.64. The van der Waals surface area contributed by atoms with Gasteiger partial charge < -0.3 is 15.4 Å². The molecule has 0 spiro atoms. The molecular weight excluding hydrogens is 442 g/mol. The van der Waals surface area contributed by atoms with Crippen LogP contribution in [0.1, 0.15) is 38.4 Å². The van der Waals surface area contributed by atoms with Crippen LogP contribution < -0.4 is 10.5 Å². The molecule has 1 aliphatic heterocycles. The van der Waals surface area contributed by atoms with Gasteiger partial charge in [-0.3, -0.25) is 4.79 Å². The summed E-state index contributed by atoms with van der Waals surface area (Å²) in [6.07, 6.45) is 4.69. The number of nitriles is 1. The number of likely N-dealkylation sites (tertiary alicyclic amines) is 1. The van der Waals surface area contributed by atoms with Crippen molar-refractivity contribution in [2.24, 2.45) is 5.92 Å². The maximum Gasteiger partial charge on any atom is 0.264 e. The molecule has 35 heavy (non-hydrogen) atoms. The Morgan fingerprint density at radius 1 is 1.31 bits per heavy atom. The zero-order valence-corrected chi connectivity index (χ0v) is 19.8. The van der Waals surface area contributed by atoms with Crippen LogP contribution in [0.2, 0.25) is 0 Å². The highest BCUT2D eigenvalue weighted by Gasteiger charge is 2.29. The topological polar surface area (TPSA) is 123 Å². The number of hydrogen-bond acceptors (Lipinski definition) is 7. The molecule has 0 bridgehead atoms. The molecule has 0 saturated carbocycles. The maximum atomic E-state index is 13.0. The van der Waals surface area contributed by atoms with Crippen molar-refractivity contribution in [3.8, 4) is 23.7 Å². The molecule has 3 heterocycles. The molecule has 9 nitrogen and oxygen atoms in total. The van der Waals surface area contributed by atoms with Crippen molar-refractivity contribution >= 4 is 22.8 Å². The molecule has 1 fully saturated rings. The number of fused-ring (bicyclic) bond motifs is 1. The van der Waals surface area contributed by atoms with Crippen LogP contribution in [-0.4, -0.2) is 50.3 Å². The van der Waals surface area contributed by atoms with Crippen molar-refractivity contribution in [3.63, 3.8) is 0 Å². The SMILES string of the molecule is CC(C)/C=C(\C#N)C(=O)N1CCC[C@@H](n2nc(C#CCOc3ccccc3)c3c(N)ncnc32)C1. The quantitative estimate of drug-likeness (QED) is 0.346. The number of allylic oxidation sites excluding steroid dienone is 1. The molecule has 0 aliphatic carbocycles. The van der Waals surface area contributed by atoms with E-state index in [1.54, 1.807) is 15.7 Å². The summed E-state index contributed by atoms with van der Waals surface area (Å²) in [6, 6.07) is 11.4. The number of carbonyl (C=O) groups excluding carboxylic acids is 1. The summed E-state index contributed by atoms with van der Waals surface area (Å²) in [5.41, 5.74) is 7.37. The maximum absolute atomic E-state index is 13.0. The number of nitrogens with zero attached hydrogens (tertiary/aromatic N) is 6. The minimum absolute atomic E-state index is 0.107. The Labute approximate surface area is 204 Å². The van der Waals surface area contributed by atoms with Crippen LogP contribution >= 0.6 is 0 Å². The van der Waals surface area contributed by atoms with Crippen LogP contribution in [0.15, 0.2) is 48.3 Å². The predicted molar refractivity (Wildman–Crippen MR) is 132 cm³/mol. The third kappa shape index (κ3) is 5.42. The molecule has 1 atom stereocenters. The van der Waals surface area contributed by atoms with E-state index < -0.39 is 0 Å². The molecule has 178 valence electrons. The number of nitrogen functional groups attached to an aromatic ring is 1. The van der Waals surface area contributed by atoms with Crippen LogP contribution in [0.5, 0.6) is 5.75 Å². The molecule has 1 amide bonds. The highest BCUT2D eigenvalue weighted by atomic mass is 16.5. The predicted octanol–water partition coefficient (Wildman–Crippen LogP) is 3.11. The Kier molecular flexibility index (Phi) is 7.27. The fourth-order valence-electron chi connectivity index (χ4n) is 4.09. The number of nitrogens with two attached hydrogens (primary N) is 1. The molecular formula is C26H27N7O2. The number of ether oxygens (including phenoxy) is 1. The Morgan fingerprint density at radius 3 is 2.86 bits per heavy atom. The second kappa shape index (κ2) is 10.7. The summed E-state index contributed by atoms with van der Waals surface area (Å²) in [5.74, 6) is 6.91. The van der Waals surface area contributed by atoms with E-state index in [9.17, 15) is 10.1 Å². The van der Waals surface area contributed by atoms with Gasteiger partial charge in [-0.25, -0.2) is 14.6 Å². The van der Waals surface area contributed by atoms with Crippen molar-refractivity contribution < 1.29 is 9.53 Å². The molecule has 2 N–H and O–H groups in total. The van der Waals surface area contributed by atoms with Gasteiger partial charge in [-0.2, -0.15) is 10.4 Å². The highest BCUT2D eigenvalue weighted by Crippen LogP contribution is 2.28. The van der Waals surface area contributed by atoms with Gasteiger partial charge >= 0.3 is 0 Å². The third-order valence-electron chi connectivity index (χ3n) is 5.66. The van der Waals surface area contributed by atoms with E-state index in [2.05, 4.69) is 21.8 Å². The monoisotopic (exact) mass is 469 g/mol. The molecule has 0 unspecified atom stereocenters. The Balaban J connectivity index is 1.59. The normalized spacial score (nSPS) is 16.0. The van der Waals surface area contributed by atoms with E-state index in [0.717, 1.165) is 18.6 Å². The minimum atomic E-state index is -0.255. The second-order valence-electron chi connectivity index (χ2n) is 8.64. The van der Waals surface area contributed by atoms with Crippen LogP contribution in [0.25, 0.3) is 11.0 Å². The van der Waals surface area contributed by atoms with E-state index in [-0.39, 0.29) is 30.0 Å². The summed E-state index contributed by atoms with van der Waals surface area (Å²) >= 11 is 0. The lowest BCUT2D eigenvalue weighted by Gasteiger charge is -2.32. The lowest BCUT2D eigenvalue weighted by molar-refractivity contribution is -0.128. The number of benzene rings is 1. The molecule has 2 aromatic heterocycles. The standard InChI is InChI=1S/C26H27N7O2/c1-18(2)14-19(15-27)26(34)32-12-6-8-20(16-32)33-25-23(24(28)29-17-30-25)22(31-33)11-7-13-35-21-9-4-3-5-10-21/h3-5,9-10,14,17-18,20H,6,8,12-13,16H2,1-2H3,(H2,28,29,30)/b19-14+/t20-/m1/s1. The van der Waals surface area contributed by atoms with E-state index in [1.165, 1.54) is 6.33 Å².